The van der Waals surface area contributed by atoms with Crippen LogP contribution in [0.3, 0.4) is 0 Å². The van der Waals surface area contributed by atoms with Crippen LogP contribution in [0.15, 0.2) is 5.38 Å². The monoisotopic (exact) mass is 308 g/mol. The van der Waals surface area contributed by atoms with Crippen molar-refractivity contribution in [2.75, 3.05) is 25.0 Å². The Bertz CT molecular complexity index is 480. The molecule has 1 amide bonds. The predicted molar refractivity (Wildman–Crippen MR) is 85.4 cm³/mol. The molecule has 1 aromatic heterocycles. The van der Waals surface area contributed by atoms with Gasteiger partial charge in [-0.15, -0.1) is 11.3 Å². The molecule has 1 saturated heterocycles. The zero-order valence-electron chi connectivity index (χ0n) is 12.6. The maximum Gasteiger partial charge on any atom is 0.223 e. The highest BCUT2D eigenvalue weighted by Crippen LogP contribution is 2.30. The molecule has 1 aliphatic carbocycles. The molecule has 21 heavy (non-hydrogen) atoms. The summed E-state index contributed by atoms with van der Waals surface area (Å²) in [6.07, 6.45) is 5.23. The molecule has 0 radical (unpaired) electrons. The quantitative estimate of drug-likeness (QED) is 0.844. The Kier molecular flexibility index (Phi) is 4.87. The molecule has 1 aromatic rings. The minimum atomic E-state index is -0.0512. The number of rotatable bonds is 6. The van der Waals surface area contributed by atoms with E-state index in [1.807, 2.05) is 0 Å². The number of amides is 1. The third-order valence-corrected chi connectivity index (χ3v) is 5.02. The van der Waals surface area contributed by atoms with E-state index < -0.39 is 0 Å². The van der Waals surface area contributed by atoms with E-state index in [4.69, 9.17) is 0 Å². The molecule has 2 aliphatic rings. The Balaban J connectivity index is 1.56. The van der Waals surface area contributed by atoms with E-state index >= 15 is 0 Å². The lowest BCUT2D eigenvalue weighted by atomic mass is 9.97. The third kappa shape index (κ3) is 4.49. The first kappa shape index (κ1) is 14.9. The van der Waals surface area contributed by atoms with E-state index in [9.17, 15) is 4.79 Å². The van der Waals surface area contributed by atoms with Crippen molar-refractivity contribution in [3.8, 4) is 0 Å². The largest absolute Gasteiger partial charge is 0.317 e. The summed E-state index contributed by atoms with van der Waals surface area (Å²) in [5, 5.41) is 8.99. The van der Waals surface area contributed by atoms with Crippen molar-refractivity contribution in [1.82, 2.24) is 15.2 Å². The van der Waals surface area contributed by atoms with Crippen LogP contribution in [0, 0.1) is 5.92 Å². The summed E-state index contributed by atoms with van der Waals surface area (Å²) in [7, 11) is 0. The van der Waals surface area contributed by atoms with Crippen molar-refractivity contribution in [3.63, 3.8) is 0 Å². The van der Waals surface area contributed by atoms with Gasteiger partial charge >= 0.3 is 0 Å². The molecular formula is C15H24N4OS. The second kappa shape index (κ2) is 6.85. The molecule has 116 valence electrons. The van der Waals surface area contributed by atoms with Crippen LogP contribution in [-0.4, -0.2) is 41.5 Å². The number of thiazole rings is 1. The number of carbonyl (C=O) groups excluding carboxylic acids is 1. The van der Waals surface area contributed by atoms with Crippen LogP contribution in [0.4, 0.5) is 5.13 Å². The molecule has 0 atom stereocenters. The van der Waals surface area contributed by atoms with Crippen molar-refractivity contribution >= 4 is 22.4 Å². The topological polar surface area (TPSA) is 57.3 Å². The van der Waals surface area contributed by atoms with Gasteiger partial charge in [0.05, 0.1) is 5.69 Å². The van der Waals surface area contributed by atoms with Crippen LogP contribution in [0.25, 0.3) is 0 Å². The van der Waals surface area contributed by atoms with E-state index in [0.29, 0.717) is 0 Å². The Morgan fingerprint density at radius 1 is 1.43 bits per heavy atom. The van der Waals surface area contributed by atoms with Gasteiger partial charge in [-0.2, -0.15) is 0 Å². The van der Waals surface area contributed by atoms with Gasteiger partial charge in [-0.25, -0.2) is 4.98 Å². The van der Waals surface area contributed by atoms with Gasteiger partial charge in [0.15, 0.2) is 5.13 Å². The molecule has 3 rings (SSSR count). The standard InChI is InChI=1S/C15H24N4OS/c1-11(20)17-15-18-13(10-21-15)9-19(14-2-3-14)8-12-4-6-16-7-5-12/h10,12,14,16H,2-9H2,1H3,(H,17,18,20). The summed E-state index contributed by atoms with van der Waals surface area (Å²) in [6, 6.07) is 0.755. The molecule has 0 spiro atoms. The number of aromatic nitrogens is 1. The average Bonchev–Trinajstić information content (AvgIpc) is 3.22. The van der Waals surface area contributed by atoms with E-state index in [1.165, 1.54) is 50.5 Å². The van der Waals surface area contributed by atoms with E-state index in [2.05, 4.69) is 25.9 Å². The predicted octanol–water partition coefficient (Wildman–Crippen LogP) is 2.07. The van der Waals surface area contributed by atoms with Crippen LogP contribution in [0.1, 0.15) is 38.3 Å². The summed E-state index contributed by atoms with van der Waals surface area (Å²) in [4.78, 5) is 18.2. The highest BCUT2D eigenvalue weighted by atomic mass is 32.1. The lowest BCUT2D eigenvalue weighted by Gasteiger charge is -2.29. The molecule has 2 fully saturated rings. The number of hydrogen-bond donors (Lipinski definition) is 2. The van der Waals surface area contributed by atoms with Crippen LogP contribution < -0.4 is 10.6 Å². The smallest absolute Gasteiger partial charge is 0.223 e. The van der Waals surface area contributed by atoms with Gasteiger partial charge in [0.25, 0.3) is 0 Å². The summed E-state index contributed by atoms with van der Waals surface area (Å²) < 4.78 is 0. The first-order chi connectivity index (χ1) is 10.2. The number of hydrogen-bond acceptors (Lipinski definition) is 5. The Morgan fingerprint density at radius 2 is 2.19 bits per heavy atom. The Labute approximate surface area is 130 Å². The van der Waals surface area contributed by atoms with Crippen LogP contribution in [0.5, 0.6) is 0 Å². The molecule has 6 heteroatoms. The normalized spacial score (nSPS) is 19.9. The molecular weight excluding hydrogens is 284 g/mol. The van der Waals surface area contributed by atoms with Gasteiger partial charge in [0.1, 0.15) is 0 Å². The van der Waals surface area contributed by atoms with Crippen molar-refractivity contribution in [2.24, 2.45) is 5.92 Å². The van der Waals surface area contributed by atoms with Crippen molar-refractivity contribution < 1.29 is 4.79 Å². The lowest BCUT2D eigenvalue weighted by molar-refractivity contribution is -0.114. The minimum absolute atomic E-state index is 0.0512. The molecule has 0 unspecified atom stereocenters. The van der Waals surface area contributed by atoms with Crippen molar-refractivity contribution in [3.05, 3.63) is 11.1 Å². The first-order valence-corrected chi connectivity index (χ1v) is 8.75. The van der Waals surface area contributed by atoms with Gasteiger partial charge in [-0.1, -0.05) is 0 Å². The Morgan fingerprint density at radius 3 is 2.86 bits per heavy atom. The molecule has 2 N–H and O–H groups in total. The number of nitrogens with one attached hydrogen (secondary N) is 2. The third-order valence-electron chi connectivity index (χ3n) is 4.21. The zero-order chi connectivity index (χ0) is 14.7. The fourth-order valence-electron chi connectivity index (χ4n) is 2.97. The summed E-state index contributed by atoms with van der Waals surface area (Å²) in [5.41, 5.74) is 1.09. The highest BCUT2D eigenvalue weighted by Gasteiger charge is 2.31. The molecule has 5 nitrogen and oxygen atoms in total. The van der Waals surface area contributed by atoms with Crippen molar-refractivity contribution in [2.45, 2.75) is 45.2 Å². The van der Waals surface area contributed by atoms with Crippen LogP contribution >= 0.6 is 11.3 Å². The SMILES string of the molecule is CC(=O)Nc1nc(CN(CC2CCNCC2)C2CC2)cs1. The fraction of sp³-hybridized carbons (Fsp3) is 0.733. The van der Waals surface area contributed by atoms with Gasteiger partial charge in [0.2, 0.25) is 5.91 Å². The highest BCUT2D eigenvalue weighted by molar-refractivity contribution is 7.13. The second-order valence-electron chi connectivity index (χ2n) is 6.18. The maximum absolute atomic E-state index is 11.1. The molecule has 1 saturated carbocycles. The average molecular weight is 308 g/mol. The van der Waals surface area contributed by atoms with Gasteiger partial charge in [-0.3, -0.25) is 9.69 Å². The number of anilines is 1. The molecule has 0 aromatic carbocycles. The van der Waals surface area contributed by atoms with E-state index in [-0.39, 0.29) is 5.91 Å². The Hall–Kier alpha value is -0.980. The maximum atomic E-state index is 11.1. The minimum Gasteiger partial charge on any atom is -0.317 e. The second-order valence-corrected chi connectivity index (χ2v) is 7.04. The van der Waals surface area contributed by atoms with E-state index in [0.717, 1.165) is 42.4 Å². The van der Waals surface area contributed by atoms with E-state index in [1.54, 1.807) is 0 Å². The summed E-state index contributed by atoms with van der Waals surface area (Å²) in [5.74, 6) is 0.768. The van der Waals surface area contributed by atoms with Gasteiger partial charge in [0, 0.05) is 31.4 Å². The van der Waals surface area contributed by atoms with Gasteiger partial charge in [-0.05, 0) is 44.7 Å². The molecule has 1 aliphatic heterocycles. The number of piperidine rings is 1. The molecule has 2 heterocycles. The van der Waals surface area contributed by atoms with Crippen LogP contribution in [0.2, 0.25) is 0 Å². The number of carbonyl (C=O) groups is 1. The summed E-state index contributed by atoms with van der Waals surface area (Å²) >= 11 is 1.52. The fourth-order valence-corrected chi connectivity index (χ4v) is 3.72. The lowest BCUT2D eigenvalue weighted by Crippen LogP contribution is -2.37. The molecule has 0 bridgehead atoms. The van der Waals surface area contributed by atoms with Crippen LogP contribution in [-0.2, 0) is 11.3 Å². The van der Waals surface area contributed by atoms with Crippen molar-refractivity contribution in [1.29, 1.82) is 0 Å². The summed E-state index contributed by atoms with van der Waals surface area (Å²) in [6.45, 7) is 5.96. The number of nitrogens with zero attached hydrogens (tertiary/aromatic N) is 2. The van der Waals surface area contributed by atoms with Gasteiger partial charge < -0.3 is 10.6 Å². The first-order valence-electron chi connectivity index (χ1n) is 7.87. The zero-order valence-corrected chi connectivity index (χ0v) is 13.4.